The highest BCUT2D eigenvalue weighted by Crippen LogP contribution is 2.39. The molecule has 8 heteroatoms. The summed E-state index contributed by atoms with van der Waals surface area (Å²) in [6.07, 6.45) is 1.72. The molecule has 2 amide bonds. The maximum atomic E-state index is 13.7. The zero-order valence-electron chi connectivity index (χ0n) is 14.8. The topological polar surface area (TPSA) is 61.8 Å². The largest absolute Gasteiger partial charge is 0.324 e. The lowest BCUT2D eigenvalue weighted by atomic mass is 10.2. The number of hydrogen-bond acceptors (Lipinski definition) is 4. The van der Waals surface area contributed by atoms with E-state index in [-0.39, 0.29) is 24.1 Å². The first-order chi connectivity index (χ1) is 13.5. The molecule has 1 aliphatic carbocycles. The molecule has 2 aromatic rings. The monoisotopic (exact) mass is 401 g/mol. The summed E-state index contributed by atoms with van der Waals surface area (Å²) in [6.45, 7) is 0. The van der Waals surface area contributed by atoms with E-state index in [4.69, 9.17) is 0 Å². The molecule has 2 aromatic carbocycles. The molecule has 0 radical (unpaired) electrons. The predicted molar refractivity (Wildman–Crippen MR) is 104 cm³/mol. The van der Waals surface area contributed by atoms with E-state index in [1.165, 1.54) is 11.8 Å². The summed E-state index contributed by atoms with van der Waals surface area (Å²) in [6, 6.07) is 12.4. The number of rotatable bonds is 5. The molecule has 1 saturated heterocycles. The molecule has 28 heavy (non-hydrogen) atoms. The van der Waals surface area contributed by atoms with E-state index in [2.05, 4.69) is 10.3 Å². The van der Waals surface area contributed by atoms with E-state index >= 15 is 0 Å². The number of amides is 2. The van der Waals surface area contributed by atoms with Gasteiger partial charge in [0.05, 0.1) is 11.4 Å². The van der Waals surface area contributed by atoms with Gasteiger partial charge in [0.2, 0.25) is 11.8 Å². The van der Waals surface area contributed by atoms with Gasteiger partial charge in [-0.15, -0.1) is 0 Å². The Balaban J connectivity index is 1.48. The van der Waals surface area contributed by atoms with E-state index in [0.717, 1.165) is 30.7 Å². The van der Waals surface area contributed by atoms with Crippen LogP contribution in [0.3, 0.4) is 0 Å². The Morgan fingerprint density at radius 3 is 2.61 bits per heavy atom. The van der Waals surface area contributed by atoms with Crippen molar-refractivity contribution in [3.63, 3.8) is 0 Å². The molecule has 1 unspecified atom stereocenters. The quantitative estimate of drug-likeness (QED) is 0.821. The van der Waals surface area contributed by atoms with Crippen molar-refractivity contribution in [3.8, 4) is 0 Å². The molecule has 0 bridgehead atoms. The minimum Gasteiger partial charge on any atom is -0.324 e. The highest BCUT2D eigenvalue weighted by molar-refractivity contribution is 8.15. The first-order valence-electron chi connectivity index (χ1n) is 8.89. The second kappa shape index (κ2) is 7.71. The lowest BCUT2D eigenvalue weighted by Crippen LogP contribution is -2.35. The van der Waals surface area contributed by atoms with Crippen molar-refractivity contribution in [2.24, 2.45) is 4.99 Å². The van der Waals surface area contributed by atoms with Crippen LogP contribution in [-0.2, 0) is 9.59 Å². The first-order valence-corrected chi connectivity index (χ1v) is 9.77. The number of para-hydroxylation sites is 1. The molecule has 4 rings (SSSR count). The lowest BCUT2D eigenvalue weighted by molar-refractivity contribution is -0.128. The Bertz CT molecular complexity index is 948. The third kappa shape index (κ3) is 4.06. The molecule has 1 saturated carbocycles. The molecule has 1 N–H and O–H groups in total. The third-order valence-electron chi connectivity index (χ3n) is 4.44. The maximum absolute atomic E-state index is 13.7. The average Bonchev–Trinajstić information content (AvgIpc) is 3.45. The van der Waals surface area contributed by atoms with E-state index in [9.17, 15) is 18.4 Å². The van der Waals surface area contributed by atoms with Gasteiger partial charge in [0.25, 0.3) is 0 Å². The van der Waals surface area contributed by atoms with E-state index in [1.54, 1.807) is 4.90 Å². The van der Waals surface area contributed by atoms with Crippen molar-refractivity contribution >= 4 is 40.1 Å². The van der Waals surface area contributed by atoms with Gasteiger partial charge in [-0.05, 0) is 37.1 Å². The summed E-state index contributed by atoms with van der Waals surface area (Å²) in [5.74, 6) is -2.24. The number of nitrogens with zero attached hydrogens (tertiary/aromatic N) is 2. The Morgan fingerprint density at radius 2 is 1.93 bits per heavy atom. The fraction of sp³-hybridized carbons (Fsp3) is 0.250. The number of halogens is 2. The number of benzene rings is 2. The van der Waals surface area contributed by atoms with Gasteiger partial charge in [-0.25, -0.2) is 13.8 Å². The number of nitrogens with one attached hydrogen (secondary N) is 1. The molecule has 1 aliphatic heterocycles. The second-order valence-electron chi connectivity index (χ2n) is 6.65. The molecular weight excluding hydrogens is 384 g/mol. The lowest BCUT2D eigenvalue weighted by Gasteiger charge is -2.15. The number of amidine groups is 1. The summed E-state index contributed by atoms with van der Waals surface area (Å²) >= 11 is 1.25. The first kappa shape index (κ1) is 18.6. The highest BCUT2D eigenvalue weighted by Gasteiger charge is 2.46. The second-order valence-corrected chi connectivity index (χ2v) is 7.82. The smallest absolute Gasteiger partial charge is 0.242 e. The molecule has 5 nitrogen and oxygen atoms in total. The van der Waals surface area contributed by atoms with Gasteiger partial charge < -0.3 is 5.32 Å². The van der Waals surface area contributed by atoms with E-state index < -0.39 is 22.8 Å². The van der Waals surface area contributed by atoms with Crippen LogP contribution in [0.1, 0.15) is 19.3 Å². The van der Waals surface area contributed by atoms with Gasteiger partial charge in [-0.3, -0.25) is 14.5 Å². The van der Waals surface area contributed by atoms with Crippen LogP contribution in [-0.4, -0.2) is 33.2 Å². The Labute approximate surface area is 164 Å². The normalized spacial score (nSPS) is 20.6. The summed E-state index contributed by atoms with van der Waals surface area (Å²) < 4.78 is 26.7. The van der Waals surface area contributed by atoms with Gasteiger partial charge >= 0.3 is 0 Å². The van der Waals surface area contributed by atoms with Gasteiger partial charge in [-0.1, -0.05) is 30.0 Å². The molecular formula is C20H17F2N3O2S. The van der Waals surface area contributed by atoms with Crippen molar-refractivity contribution in [1.29, 1.82) is 0 Å². The van der Waals surface area contributed by atoms with Crippen molar-refractivity contribution in [2.75, 3.05) is 5.32 Å². The molecule has 1 atom stereocenters. The van der Waals surface area contributed by atoms with Gasteiger partial charge in [0.1, 0.15) is 16.9 Å². The molecule has 1 heterocycles. The average molecular weight is 401 g/mol. The standard InChI is InChI=1S/C20H17F2N3O2S/c21-12-6-9-16(15(22)10-12)24-18(26)11-17-19(27)25(14-7-8-14)20(28-17)23-13-4-2-1-3-5-13/h1-6,9-10,14,17H,7-8,11H2,(H,24,26). The number of aliphatic imine (C=N–C) groups is 1. The zero-order valence-corrected chi connectivity index (χ0v) is 15.6. The fourth-order valence-corrected chi connectivity index (χ4v) is 4.15. The molecule has 144 valence electrons. The molecule has 2 aliphatic rings. The van der Waals surface area contributed by atoms with Crippen LogP contribution in [0, 0.1) is 11.6 Å². The van der Waals surface area contributed by atoms with E-state index in [1.807, 2.05) is 30.3 Å². The van der Waals surface area contributed by atoms with Crippen LogP contribution in [0.4, 0.5) is 20.2 Å². The van der Waals surface area contributed by atoms with Crippen molar-refractivity contribution in [3.05, 3.63) is 60.2 Å². The Hall–Kier alpha value is -2.74. The minimum atomic E-state index is -0.857. The number of hydrogen-bond donors (Lipinski definition) is 1. The van der Waals surface area contributed by atoms with Crippen LogP contribution < -0.4 is 5.32 Å². The van der Waals surface area contributed by atoms with Crippen molar-refractivity contribution in [1.82, 2.24) is 4.90 Å². The highest BCUT2D eigenvalue weighted by atomic mass is 32.2. The number of carbonyl (C=O) groups is 2. The number of anilines is 1. The van der Waals surface area contributed by atoms with Crippen LogP contribution in [0.15, 0.2) is 53.5 Å². The summed E-state index contributed by atoms with van der Waals surface area (Å²) in [4.78, 5) is 31.4. The minimum absolute atomic E-state index is 0.112. The van der Waals surface area contributed by atoms with Gasteiger partial charge in [-0.2, -0.15) is 0 Å². The van der Waals surface area contributed by atoms with Crippen molar-refractivity contribution < 1.29 is 18.4 Å². The van der Waals surface area contributed by atoms with Gasteiger partial charge in [0.15, 0.2) is 5.17 Å². The summed E-state index contributed by atoms with van der Waals surface area (Å²) in [5, 5.41) is 2.37. The Kier molecular flexibility index (Phi) is 5.13. The predicted octanol–water partition coefficient (Wildman–Crippen LogP) is 4.09. The van der Waals surface area contributed by atoms with Crippen molar-refractivity contribution in [2.45, 2.75) is 30.6 Å². The number of carbonyl (C=O) groups excluding carboxylic acids is 2. The van der Waals surface area contributed by atoms with Crippen LogP contribution in [0.25, 0.3) is 0 Å². The SMILES string of the molecule is O=C(CC1SC(=Nc2ccccc2)N(C2CC2)C1=O)Nc1ccc(F)cc1F. The summed E-state index contributed by atoms with van der Waals surface area (Å²) in [5.41, 5.74) is 0.626. The third-order valence-corrected chi connectivity index (χ3v) is 5.59. The van der Waals surface area contributed by atoms with Crippen LogP contribution >= 0.6 is 11.8 Å². The van der Waals surface area contributed by atoms with Gasteiger partial charge in [0, 0.05) is 18.5 Å². The molecule has 0 aromatic heterocycles. The summed E-state index contributed by atoms with van der Waals surface area (Å²) in [7, 11) is 0. The fourth-order valence-electron chi connectivity index (χ4n) is 2.94. The number of thioether (sulfide) groups is 1. The zero-order chi connectivity index (χ0) is 19.7. The molecule has 2 fully saturated rings. The van der Waals surface area contributed by atoms with E-state index in [0.29, 0.717) is 11.2 Å². The molecule has 0 spiro atoms. The Morgan fingerprint density at radius 1 is 1.18 bits per heavy atom. The maximum Gasteiger partial charge on any atom is 0.242 e. The van der Waals surface area contributed by atoms with Crippen LogP contribution in [0.5, 0.6) is 0 Å². The van der Waals surface area contributed by atoms with Crippen LogP contribution in [0.2, 0.25) is 0 Å².